The molecule has 33 heavy (non-hydrogen) atoms. The molecule has 1 unspecified atom stereocenters. The van der Waals surface area contributed by atoms with E-state index in [9.17, 15) is 18.5 Å². The number of aromatic nitrogens is 2. The minimum Gasteiger partial charge on any atom is -0.290 e. The molecule has 0 spiro atoms. The highest BCUT2D eigenvalue weighted by atomic mass is 32.2. The SMILES string of the molecule is N#CC(C(=O)c1nn(-c2ccccc2)c2c1CSc1ccccc1-2)S(=O)(=O)c1ccccc1. The summed E-state index contributed by atoms with van der Waals surface area (Å²) in [6, 6.07) is 26.5. The van der Waals surface area contributed by atoms with Gasteiger partial charge >= 0.3 is 0 Å². The first-order valence-electron chi connectivity index (χ1n) is 10.1. The largest absolute Gasteiger partial charge is 0.290 e. The van der Waals surface area contributed by atoms with E-state index in [1.807, 2.05) is 54.6 Å². The molecule has 0 amide bonds. The zero-order valence-electron chi connectivity index (χ0n) is 17.3. The topological polar surface area (TPSA) is 92.8 Å². The van der Waals surface area contributed by atoms with E-state index in [2.05, 4.69) is 5.10 Å². The van der Waals surface area contributed by atoms with Gasteiger partial charge in [0.2, 0.25) is 20.9 Å². The molecule has 8 heteroatoms. The van der Waals surface area contributed by atoms with Crippen LogP contribution in [0, 0.1) is 11.3 Å². The molecule has 0 saturated heterocycles. The van der Waals surface area contributed by atoms with Crippen molar-refractivity contribution >= 4 is 27.4 Å². The third kappa shape index (κ3) is 3.55. The molecule has 0 aliphatic carbocycles. The summed E-state index contributed by atoms with van der Waals surface area (Å²) >= 11 is 1.56. The fourth-order valence-corrected chi connectivity index (χ4v) is 6.30. The monoisotopic (exact) mass is 471 g/mol. The average molecular weight is 472 g/mol. The van der Waals surface area contributed by atoms with Gasteiger partial charge in [-0.3, -0.25) is 4.79 Å². The van der Waals surface area contributed by atoms with Crippen molar-refractivity contribution < 1.29 is 13.2 Å². The number of thioether (sulfide) groups is 1. The van der Waals surface area contributed by atoms with Gasteiger partial charge in [-0.05, 0) is 30.3 Å². The van der Waals surface area contributed by atoms with Crippen LogP contribution >= 0.6 is 11.8 Å². The Morgan fingerprint density at radius 1 is 0.970 bits per heavy atom. The van der Waals surface area contributed by atoms with E-state index >= 15 is 0 Å². The first-order valence-corrected chi connectivity index (χ1v) is 12.7. The molecule has 0 saturated carbocycles. The molecule has 5 rings (SSSR count). The van der Waals surface area contributed by atoms with E-state index in [-0.39, 0.29) is 10.6 Å². The lowest BCUT2D eigenvalue weighted by Crippen LogP contribution is -2.30. The molecular weight excluding hydrogens is 454 g/mol. The second kappa shape index (κ2) is 8.35. The van der Waals surface area contributed by atoms with E-state index in [1.54, 1.807) is 40.7 Å². The number of benzene rings is 3. The van der Waals surface area contributed by atoms with Crippen LogP contribution in [0.2, 0.25) is 0 Å². The predicted molar refractivity (Wildman–Crippen MR) is 126 cm³/mol. The quantitative estimate of drug-likeness (QED) is 0.392. The minimum absolute atomic E-state index is 0.0157. The Morgan fingerprint density at radius 2 is 1.61 bits per heavy atom. The number of ketones is 1. The lowest BCUT2D eigenvalue weighted by molar-refractivity contribution is 0.0995. The number of Topliss-reactive ketones (excluding diaryl/α,β-unsaturated/α-hetero) is 1. The Balaban J connectivity index is 1.69. The maximum atomic E-state index is 13.5. The molecule has 6 nitrogen and oxygen atoms in total. The third-order valence-corrected chi connectivity index (χ3v) is 8.44. The summed E-state index contributed by atoms with van der Waals surface area (Å²) in [6.07, 6.45) is 0. The Hall–Kier alpha value is -3.67. The summed E-state index contributed by atoms with van der Waals surface area (Å²) in [5.74, 6) is -0.365. The van der Waals surface area contributed by atoms with Crippen molar-refractivity contribution in [1.82, 2.24) is 9.78 Å². The molecule has 0 fully saturated rings. The molecule has 1 aliphatic rings. The highest BCUT2D eigenvalue weighted by molar-refractivity contribution is 7.98. The molecule has 0 N–H and O–H groups in total. The van der Waals surface area contributed by atoms with E-state index in [0.717, 1.165) is 21.8 Å². The number of hydrogen-bond acceptors (Lipinski definition) is 6. The Labute approximate surface area is 195 Å². The number of carbonyl (C=O) groups excluding carboxylic acids is 1. The molecule has 162 valence electrons. The van der Waals surface area contributed by atoms with Crippen LogP contribution in [0.15, 0.2) is 94.7 Å². The van der Waals surface area contributed by atoms with Crippen molar-refractivity contribution in [2.75, 3.05) is 0 Å². The summed E-state index contributed by atoms with van der Waals surface area (Å²) in [6.45, 7) is 0. The Kier molecular flexibility index (Phi) is 5.36. The Morgan fingerprint density at radius 3 is 2.30 bits per heavy atom. The van der Waals surface area contributed by atoms with Gasteiger partial charge in [0.1, 0.15) is 5.69 Å². The number of fused-ring (bicyclic) bond motifs is 3. The van der Waals surface area contributed by atoms with Crippen molar-refractivity contribution in [3.05, 3.63) is 96.2 Å². The molecule has 1 aromatic heterocycles. The van der Waals surface area contributed by atoms with Crippen molar-refractivity contribution in [2.24, 2.45) is 0 Å². The molecule has 0 bridgehead atoms. The number of rotatable bonds is 5. The average Bonchev–Trinajstić information content (AvgIpc) is 3.26. The smallest absolute Gasteiger partial charge is 0.216 e. The van der Waals surface area contributed by atoms with Gasteiger partial charge in [0.25, 0.3) is 0 Å². The number of nitrogens with zero attached hydrogens (tertiary/aromatic N) is 3. The van der Waals surface area contributed by atoms with Gasteiger partial charge < -0.3 is 0 Å². The normalized spacial score (nSPS) is 13.4. The van der Waals surface area contributed by atoms with Crippen molar-refractivity contribution in [3.63, 3.8) is 0 Å². The fraction of sp³-hybridized carbons (Fsp3) is 0.0800. The van der Waals surface area contributed by atoms with Gasteiger partial charge in [-0.1, -0.05) is 54.6 Å². The van der Waals surface area contributed by atoms with Gasteiger partial charge in [-0.15, -0.1) is 11.8 Å². The highest BCUT2D eigenvalue weighted by Crippen LogP contribution is 2.44. The number of carbonyl (C=O) groups is 1. The maximum Gasteiger partial charge on any atom is 0.216 e. The van der Waals surface area contributed by atoms with Crippen LogP contribution in [-0.4, -0.2) is 29.2 Å². The van der Waals surface area contributed by atoms with Gasteiger partial charge in [-0.25, -0.2) is 13.1 Å². The van der Waals surface area contributed by atoms with Crippen LogP contribution < -0.4 is 0 Å². The number of para-hydroxylation sites is 1. The molecule has 2 heterocycles. The lowest BCUT2D eigenvalue weighted by Gasteiger charge is -2.18. The van der Waals surface area contributed by atoms with Gasteiger partial charge in [0.05, 0.1) is 22.3 Å². The van der Waals surface area contributed by atoms with E-state index in [4.69, 9.17) is 0 Å². The first kappa shape index (κ1) is 21.2. The van der Waals surface area contributed by atoms with Gasteiger partial charge in [-0.2, -0.15) is 10.4 Å². The molecule has 1 aliphatic heterocycles. The summed E-state index contributed by atoms with van der Waals surface area (Å²) in [5.41, 5.74) is 3.05. The van der Waals surface area contributed by atoms with E-state index in [1.165, 1.54) is 12.1 Å². The summed E-state index contributed by atoms with van der Waals surface area (Å²) < 4.78 is 27.9. The van der Waals surface area contributed by atoms with Crippen LogP contribution in [0.5, 0.6) is 0 Å². The van der Waals surface area contributed by atoms with E-state index in [0.29, 0.717) is 11.3 Å². The van der Waals surface area contributed by atoms with Crippen molar-refractivity contribution in [3.8, 4) is 23.0 Å². The minimum atomic E-state index is -4.21. The standard InChI is InChI=1S/C25H17N3O3S2/c26-15-22(33(30,31)18-11-5-2-6-12-18)25(29)23-20-16-32-21-14-8-7-13-19(21)24(20)28(27-23)17-9-3-1-4-10-17/h1-14,22H,16H2. The number of sulfone groups is 1. The fourth-order valence-electron chi connectivity index (χ4n) is 3.90. The van der Waals surface area contributed by atoms with Crippen LogP contribution in [-0.2, 0) is 15.6 Å². The molecule has 3 aromatic carbocycles. The second-order valence-corrected chi connectivity index (χ2v) is 10.5. The maximum absolute atomic E-state index is 13.5. The second-order valence-electron chi connectivity index (χ2n) is 7.44. The Bertz CT molecular complexity index is 1510. The van der Waals surface area contributed by atoms with Crippen molar-refractivity contribution in [1.29, 1.82) is 5.26 Å². The third-order valence-electron chi connectivity index (χ3n) is 5.47. The molecular formula is C25H17N3O3S2. The van der Waals surface area contributed by atoms with Gasteiger partial charge in [0.15, 0.2) is 0 Å². The first-order chi connectivity index (χ1) is 16.0. The van der Waals surface area contributed by atoms with Crippen LogP contribution in [0.4, 0.5) is 0 Å². The van der Waals surface area contributed by atoms with Crippen LogP contribution in [0.3, 0.4) is 0 Å². The van der Waals surface area contributed by atoms with Crippen LogP contribution in [0.1, 0.15) is 16.1 Å². The van der Waals surface area contributed by atoms with Gasteiger partial charge in [0, 0.05) is 21.8 Å². The summed E-state index contributed by atoms with van der Waals surface area (Å²) in [7, 11) is -4.21. The zero-order valence-corrected chi connectivity index (χ0v) is 18.9. The lowest BCUT2D eigenvalue weighted by atomic mass is 10.0. The highest BCUT2D eigenvalue weighted by Gasteiger charge is 2.39. The molecule has 0 radical (unpaired) electrons. The molecule has 1 atom stereocenters. The van der Waals surface area contributed by atoms with Crippen LogP contribution in [0.25, 0.3) is 16.9 Å². The number of nitriles is 1. The zero-order chi connectivity index (χ0) is 23.0. The number of hydrogen-bond donors (Lipinski definition) is 0. The van der Waals surface area contributed by atoms with E-state index < -0.39 is 20.9 Å². The van der Waals surface area contributed by atoms with Crippen molar-refractivity contribution in [2.45, 2.75) is 20.8 Å². The summed E-state index contributed by atoms with van der Waals surface area (Å²) in [4.78, 5) is 14.5. The molecule has 4 aromatic rings. The summed E-state index contributed by atoms with van der Waals surface area (Å²) in [5, 5.41) is 12.4. The predicted octanol–water partition coefficient (Wildman–Crippen LogP) is 4.69.